The van der Waals surface area contributed by atoms with E-state index < -0.39 is 0 Å². The molecule has 19 heavy (non-hydrogen) atoms. The maximum Gasteiger partial charge on any atom is 0.258 e. The number of aryl methyl sites for hydroxylation is 1. The van der Waals surface area contributed by atoms with Gasteiger partial charge in [-0.05, 0) is 37.8 Å². The Morgan fingerprint density at radius 3 is 2.68 bits per heavy atom. The van der Waals surface area contributed by atoms with Crippen molar-refractivity contribution in [2.75, 3.05) is 0 Å². The van der Waals surface area contributed by atoms with Crippen molar-refractivity contribution in [1.29, 1.82) is 0 Å². The maximum absolute atomic E-state index is 12.2. The molecule has 3 rings (SSSR count). The number of rotatable bonds is 2. The monoisotopic (exact) mass is 276 g/mol. The smallest absolute Gasteiger partial charge is 0.258 e. The summed E-state index contributed by atoms with van der Waals surface area (Å²) < 4.78 is 0. The molecule has 4 nitrogen and oxygen atoms in total. The SMILES string of the molecule is Cc1ccc(-c2nc(O)c(C3CCCC3)c(=O)[nH]2)s1. The molecule has 1 aliphatic carbocycles. The molecule has 1 aliphatic rings. The average molecular weight is 276 g/mol. The topological polar surface area (TPSA) is 66.0 Å². The Kier molecular flexibility index (Phi) is 3.14. The third kappa shape index (κ3) is 2.30. The van der Waals surface area contributed by atoms with E-state index in [2.05, 4.69) is 9.97 Å². The summed E-state index contributed by atoms with van der Waals surface area (Å²) in [6, 6.07) is 3.88. The lowest BCUT2D eigenvalue weighted by molar-refractivity contribution is 0.436. The lowest BCUT2D eigenvalue weighted by atomic mass is 10.00. The molecule has 0 aromatic carbocycles. The van der Waals surface area contributed by atoms with Gasteiger partial charge in [-0.1, -0.05) is 12.8 Å². The van der Waals surface area contributed by atoms with Gasteiger partial charge in [0.2, 0.25) is 5.88 Å². The van der Waals surface area contributed by atoms with Crippen molar-refractivity contribution in [3.05, 3.63) is 32.9 Å². The Bertz CT molecular complexity index is 654. The molecule has 0 bridgehead atoms. The van der Waals surface area contributed by atoms with Gasteiger partial charge in [-0.2, -0.15) is 4.98 Å². The van der Waals surface area contributed by atoms with Gasteiger partial charge in [0.1, 0.15) is 0 Å². The number of aromatic hydroxyl groups is 1. The van der Waals surface area contributed by atoms with Crippen molar-refractivity contribution >= 4 is 11.3 Å². The van der Waals surface area contributed by atoms with Crippen LogP contribution in [0.2, 0.25) is 0 Å². The molecule has 100 valence electrons. The molecule has 2 heterocycles. The normalized spacial score (nSPS) is 16.1. The first kappa shape index (κ1) is 12.4. The summed E-state index contributed by atoms with van der Waals surface area (Å²) in [5, 5.41) is 10.1. The van der Waals surface area contributed by atoms with E-state index in [0.717, 1.165) is 35.4 Å². The number of hydrogen-bond acceptors (Lipinski definition) is 4. The molecular formula is C14H16N2O2S. The summed E-state index contributed by atoms with van der Waals surface area (Å²) in [7, 11) is 0. The van der Waals surface area contributed by atoms with Crippen LogP contribution in [-0.2, 0) is 0 Å². The van der Waals surface area contributed by atoms with Crippen molar-refractivity contribution in [2.45, 2.75) is 38.5 Å². The molecule has 1 fully saturated rings. The summed E-state index contributed by atoms with van der Waals surface area (Å²) >= 11 is 1.55. The first-order valence-corrected chi connectivity index (χ1v) is 7.37. The predicted molar refractivity (Wildman–Crippen MR) is 75.8 cm³/mol. The Morgan fingerprint density at radius 2 is 2.11 bits per heavy atom. The number of hydrogen-bond donors (Lipinski definition) is 2. The second-order valence-corrected chi connectivity index (χ2v) is 6.33. The summed E-state index contributed by atoms with van der Waals surface area (Å²) in [4.78, 5) is 21.2. The molecule has 2 N–H and O–H groups in total. The van der Waals surface area contributed by atoms with Gasteiger partial charge in [-0.3, -0.25) is 4.79 Å². The van der Waals surface area contributed by atoms with Gasteiger partial charge in [-0.25, -0.2) is 0 Å². The molecule has 2 aromatic rings. The Balaban J connectivity index is 2.04. The second kappa shape index (κ2) is 4.81. The highest BCUT2D eigenvalue weighted by Gasteiger charge is 2.24. The lowest BCUT2D eigenvalue weighted by Gasteiger charge is -2.10. The zero-order valence-electron chi connectivity index (χ0n) is 10.8. The minimum Gasteiger partial charge on any atom is -0.493 e. The Morgan fingerprint density at radius 1 is 1.37 bits per heavy atom. The highest BCUT2D eigenvalue weighted by Crippen LogP contribution is 2.36. The van der Waals surface area contributed by atoms with Crippen LogP contribution in [0.5, 0.6) is 5.88 Å². The molecule has 0 aliphatic heterocycles. The number of thiophene rings is 1. The number of nitrogens with zero attached hydrogens (tertiary/aromatic N) is 1. The molecule has 1 saturated carbocycles. The first-order valence-electron chi connectivity index (χ1n) is 6.55. The fourth-order valence-corrected chi connectivity index (χ4v) is 3.54. The van der Waals surface area contributed by atoms with Crippen LogP contribution in [0.3, 0.4) is 0 Å². The van der Waals surface area contributed by atoms with E-state index in [1.54, 1.807) is 11.3 Å². The van der Waals surface area contributed by atoms with Crippen LogP contribution in [0.15, 0.2) is 16.9 Å². The number of aromatic amines is 1. The van der Waals surface area contributed by atoms with Crippen molar-refractivity contribution < 1.29 is 5.11 Å². The highest BCUT2D eigenvalue weighted by molar-refractivity contribution is 7.15. The quantitative estimate of drug-likeness (QED) is 0.885. The van der Waals surface area contributed by atoms with Crippen LogP contribution < -0.4 is 5.56 Å². The molecule has 0 spiro atoms. The molecule has 0 amide bonds. The molecule has 2 aromatic heterocycles. The van der Waals surface area contributed by atoms with Crippen LogP contribution in [0.25, 0.3) is 10.7 Å². The van der Waals surface area contributed by atoms with Crippen molar-refractivity contribution in [3.8, 4) is 16.6 Å². The van der Waals surface area contributed by atoms with Crippen LogP contribution in [0, 0.1) is 6.92 Å². The zero-order chi connectivity index (χ0) is 13.4. The van der Waals surface area contributed by atoms with E-state index in [4.69, 9.17) is 0 Å². The molecular weight excluding hydrogens is 260 g/mol. The van der Waals surface area contributed by atoms with Gasteiger partial charge in [0.25, 0.3) is 5.56 Å². The van der Waals surface area contributed by atoms with Gasteiger partial charge in [0.15, 0.2) is 5.82 Å². The predicted octanol–water partition coefficient (Wildman–Crippen LogP) is 3.17. The Hall–Kier alpha value is -1.62. The minimum atomic E-state index is -0.194. The van der Waals surface area contributed by atoms with Gasteiger partial charge in [0.05, 0.1) is 10.4 Å². The zero-order valence-corrected chi connectivity index (χ0v) is 11.6. The summed E-state index contributed by atoms with van der Waals surface area (Å²) in [5.74, 6) is 0.523. The van der Waals surface area contributed by atoms with Crippen molar-refractivity contribution in [3.63, 3.8) is 0 Å². The molecule has 0 unspecified atom stereocenters. The third-order valence-corrected chi connectivity index (χ3v) is 4.68. The lowest BCUT2D eigenvalue weighted by Crippen LogP contribution is -2.17. The fourth-order valence-electron chi connectivity index (χ4n) is 2.73. The van der Waals surface area contributed by atoms with E-state index in [1.807, 2.05) is 19.1 Å². The van der Waals surface area contributed by atoms with Gasteiger partial charge >= 0.3 is 0 Å². The largest absolute Gasteiger partial charge is 0.493 e. The van der Waals surface area contributed by atoms with E-state index >= 15 is 0 Å². The summed E-state index contributed by atoms with van der Waals surface area (Å²) in [5.41, 5.74) is 0.273. The van der Waals surface area contributed by atoms with Gasteiger partial charge in [0, 0.05) is 4.88 Å². The van der Waals surface area contributed by atoms with E-state index in [0.29, 0.717) is 11.4 Å². The van der Waals surface area contributed by atoms with E-state index in [1.165, 1.54) is 0 Å². The standard InChI is InChI=1S/C14H16N2O2S/c1-8-6-7-10(19-8)12-15-13(17)11(14(18)16-12)9-4-2-3-5-9/h6-7,9H,2-5H2,1H3,(H2,15,16,17,18). The van der Waals surface area contributed by atoms with Gasteiger partial charge < -0.3 is 10.1 Å². The molecule has 0 atom stereocenters. The van der Waals surface area contributed by atoms with Crippen LogP contribution >= 0.6 is 11.3 Å². The van der Waals surface area contributed by atoms with Crippen LogP contribution in [-0.4, -0.2) is 15.1 Å². The van der Waals surface area contributed by atoms with Crippen molar-refractivity contribution in [2.24, 2.45) is 0 Å². The maximum atomic E-state index is 12.2. The Labute approximate surface area is 115 Å². The minimum absolute atomic E-state index is 0.100. The highest BCUT2D eigenvalue weighted by atomic mass is 32.1. The van der Waals surface area contributed by atoms with E-state index in [-0.39, 0.29) is 17.4 Å². The van der Waals surface area contributed by atoms with Crippen LogP contribution in [0.1, 0.15) is 42.0 Å². The first-order chi connectivity index (χ1) is 9.15. The number of aromatic nitrogens is 2. The molecule has 0 saturated heterocycles. The molecule has 5 heteroatoms. The fraction of sp³-hybridized carbons (Fsp3) is 0.429. The van der Waals surface area contributed by atoms with Crippen molar-refractivity contribution in [1.82, 2.24) is 9.97 Å². The molecule has 0 radical (unpaired) electrons. The number of nitrogens with one attached hydrogen (secondary N) is 1. The average Bonchev–Trinajstić information content (AvgIpc) is 2.99. The third-order valence-electron chi connectivity index (χ3n) is 3.67. The van der Waals surface area contributed by atoms with Gasteiger partial charge in [-0.15, -0.1) is 11.3 Å². The van der Waals surface area contributed by atoms with Crippen LogP contribution in [0.4, 0.5) is 0 Å². The number of H-pyrrole nitrogens is 1. The van der Waals surface area contributed by atoms with E-state index in [9.17, 15) is 9.90 Å². The summed E-state index contributed by atoms with van der Waals surface area (Å²) in [6.45, 7) is 2.00. The second-order valence-electron chi connectivity index (χ2n) is 5.04. The summed E-state index contributed by atoms with van der Waals surface area (Å²) in [6.07, 6.45) is 4.18.